The highest BCUT2D eigenvalue weighted by atomic mass is 16.5. The van der Waals surface area contributed by atoms with Crippen LogP contribution in [-0.2, 0) is 0 Å². The predicted octanol–water partition coefficient (Wildman–Crippen LogP) is 3.26. The van der Waals surface area contributed by atoms with Crippen LogP contribution in [0.15, 0.2) is 36.7 Å². The normalized spacial score (nSPS) is 18.9. The average molecular weight is 380 g/mol. The lowest BCUT2D eigenvalue weighted by Crippen LogP contribution is -2.39. The molecule has 1 aliphatic rings. The van der Waals surface area contributed by atoms with E-state index in [-0.39, 0.29) is 35.7 Å². The maximum absolute atomic E-state index is 12.5. The summed E-state index contributed by atoms with van der Waals surface area (Å²) < 4.78 is 11.4. The molecule has 7 heteroatoms. The Morgan fingerprint density at radius 2 is 1.82 bits per heavy atom. The monoisotopic (exact) mass is 380 g/mol. The van der Waals surface area contributed by atoms with Crippen molar-refractivity contribution in [1.82, 2.24) is 15.3 Å². The molecule has 1 fully saturated rings. The fourth-order valence-electron chi connectivity index (χ4n) is 3.20. The fraction of sp³-hybridized carbons (Fsp3) is 0.429. The zero-order valence-electron chi connectivity index (χ0n) is 16.1. The third-order valence-corrected chi connectivity index (χ3v) is 4.55. The van der Waals surface area contributed by atoms with Crippen molar-refractivity contribution in [2.24, 2.45) is 0 Å². The minimum atomic E-state index is -0.0823. The van der Waals surface area contributed by atoms with Gasteiger partial charge >= 0.3 is 0 Å². The van der Waals surface area contributed by atoms with Crippen molar-refractivity contribution in [3.63, 3.8) is 0 Å². The molecule has 3 rings (SSSR count). The summed E-state index contributed by atoms with van der Waals surface area (Å²) in [5.41, 5.74) is 0.815. The van der Waals surface area contributed by atoms with Gasteiger partial charge in [0.15, 0.2) is 0 Å². The van der Waals surface area contributed by atoms with Crippen molar-refractivity contribution in [3.8, 4) is 17.7 Å². The minimum absolute atomic E-state index is 0.0237. The molecule has 0 saturated heterocycles. The summed E-state index contributed by atoms with van der Waals surface area (Å²) in [4.78, 5) is 20.5. The summed E-state index contributed by atoms with van der Waals surface area (Å²) in [7, 11) is 0. The highest BCUT2D eigenvalue weighted by Crippen LogP contribution is 2.24. The van der Waals surface area contributed by atoms with Gasteiger partial charge < -0.3 is 14.8 Å². The van der Waals surface area contributed by atoms with E-state index >= 15 is 0 Å². The fourth-order valence-corrected chi connectivity index (χ4v) is 3.20. The summed E-state index contributed by atoms with van der Waals surface area (Å²) >= 11 is 0. The number of ether oxygens (including phenoxy) is 2. The number of hydrogen-bond acceptors (Lipinski definition) is 6. The second kappa shape index (κ2) is 9.18. The first kappa shape index (κ1) is 19.6. The quantitative estimate of drug-likeness (QED) is 0.826. The zero-order chi connectivity index (χ0) is 19.9. The van der Waals surface area contributed by atoms with Crippen LogP contribution in [0.3, 0.4) is 0 Å². The van der Waals surface area contributed by atoms with E-state index in [1.165, 1.54) is 12.4 Å². The van der Waals surface area contributed by atoms with Gasteiger partial charge in [0.05, 0.1) is 6.10 Å². The molecule has 1 N–H and O–H groups in total. The lowest BCUT2D eigenvalue weighted by molar-refractivity contribution is 0.0889. The van der Waals surface area contributed by atoms with E-state index < -0.39 is 0 Å². The first-order valence-corrected chi connectivity index (χ1v) is 9.50. The number of nitrogens with one attached hydrogen (secondary N) is 1. The topological polar surface area (TPSA) is 97.1 Å². The van der Waals surface area contributed by atoms with Crippen LogP contribution in [0.2, 0.25) is 0 Å². The predicted molar refractivity (Wildman–Crippen MR) is 103 cm³/mol. The van der Waals surface area contributed by atoms with Crippen LogP contribution in [-0.4, -0.2) is 34.1 Å². The van der Waals surface area contributed by atoms with E-state index in [1.807, 2.05) is 32.0 Å². The Kier molecular flexibility index (Phi) is 6.43. The number of hydrogen-bond donors (Lipinski definition) is 1. The van der Waals surface area contributed by atoms with Crippen LogP contribution in [0, 0.1) is 11.3 Å². The molecule has 28 heavy (non-hydrogen) atoms. The summed E-state index contributed by atoms with van der Waals surface area (Å²) in [6.45, 7) is 3.93. The molecule has 1 aromatic carbocycles. The van der Waals surface area contributed by atoms with Crippen LogP contribution in [0.4, 0.5) is 0 Å². The first-order valence-electron chi connectivity index (χ1n) is 9.50. The molecule has 1 heterocycles. The molecule has 0 unspecified atom stereocenters. The number of aromatic nitrogens is 2. The molecular formula is C21H24N4O3. The Hall–Kier alpha value is -3.14. The Morgan fingerprint density at radius 1 is 1.14 bits per heavy atom. The van der Waals surface area contributed by atoms with Crippen molar-refractivity contribution in [2.45, 2.75) is 57.8 Å². The number of nitriles is 1. The largest absolute Gasteiger partial charge is 0.491 e. The number of amides is 1. The van der Waals surface area contributed by atoms with Crippen LogP contribution in [0.1, 0.15) is 55.6 Å². The van der Waals surface area contributed by atoms with Gasteiger partial charge in [-0.25, -0.2) is 9.97 Å². The van der Waals surface area contributed by atoms with Gasteiger partial charge in [-0.3, -0.25) is 4.79 Å². The van der Waals surface area contributed by atoms with E-state index in [9.17, 15) is 4.79 Å². The van der Waals surface area contributed by atoms with Gasteiger partial charge in [0.1, 0.15) is 17.9 Å². The molecule has 7 nitrogen and oxygen atoms in total. The molecule has 1 saturated carbocycles. The van der Waals surface area contributed by atoms with Crippen LogP contribution >= 0.6 is 0 Å². The van der Waals surface area contributed by atoms with E-state index in [4.69, 9.17) is 14.7 Å². The van der Waals surface area contributed by atoms with Crippen LogP contribution in [0.5, 0.6) is 11.6 Å². The van der Waals surface area contributed by atoms with Gasteiger partial charge in [0, 0.05) is 24.0 Å². The third kappa shape index (κ3) is 5.19. The summed E-state index contributed by atoms with van der Waals surface area (Å²) in [5.74, 6) is 0.951. The summed E-state index contributed by atoms with van der Waals surface area (Å²) in [6.07, 6.45) is 6.26. The van der Waals surface area contributed by atoms with Gasteiger partial charge in [0.2, 0.25) is 5.69 Å². The van der Waals surface area contributed by atoms with E-state index in [0.29, 0.717) is 5.56 Å². The molecule has 0 bridgehead atoms. The highest BCUT2D eigenvalue weighted by Gasteiger charge is 2.25. The Labute approximate surface area is 164 Å². The second-order valence-electron chi connectivity index (χ2n) is 7.08. The van der Waals surface area contributed by atoms with Gasteiger partial charge in [-0.15, -0.1) is 0 Å². The van der Waals surface area contributed by atoms with Gasteiger partial charge in [-0.2, -0.15) is 5.26 Å². The Balaban J connectivity index is 1.48. The second-order valence-corrected chi connectivity index (χ2v) is 7.08. The van der Waals surface area contributed by atoms with Crippen LogP contribution < -0.4 is 14.8 Å². The van der Waals surface area contributed by atoms with E-state index in [1.54, 1.807) is 12.1 Å². The number of benzene rings is 1. The average Bonchev–Trinajstić information content (AvgIpc) is 2.70. The van der Waals surface area contributed by atoms with Gasteiger partial charge in [-0.05, 0) is 63.8 Å². The smallest absolute Gasteiger partial charge is 0.251 e. The Bertz CT molecular complexity index is 837. The maximum atomic E-state index is 12.5. The number of carbonyl (C=O) groups is 1. The molecule has 146 valence electrons. The van der Waals surface area contributed by atoms with Crippen molar-refractivity contribution in [3.05, 3.63) is 47.9 Å². The zero-order valence-corrected chi connectivity index (χ0v) is 16.1. The standard InChI is InChI=1S/C21H24N4O3/c1-14(2)27-17-7-3-15(4-8-17)20(26)25-16-5-9-18(10-6-16)28-21-19(13-22)23-11-12-24-21/h3-4,7-8,11-12,14,16,18H,5-6,9-10H2,1-2H3,(H,25,26). The summed E-state index contributed by atoms with van der Waals surface area (Å²) in [5, 5.41) is 12.2. The molecule has 0 aliphatic heterocycles. The number of carbonyl (C=O) groups excluding carboxylic acids is 1. The van der Waals surface area contributed by atoms with Crippen LogP contribution in [0.25, 0.3) is 0 Å². The molecule has 0 spiro atoms. The molecule has 2 aromatic rings. The van der Waals surface area contributed by atoms with Gasteiger partial charge in [0.25, 0.3) is 11.8 Å². The number of rotatable bonds is 6. The molecule has 1 amide bonds. The first-order chi connectivity index (χ1) is 13.5. The van der Waals surface area contributed by atoms with Crippen molar-refractivity contribution >= 4 is 5.91 Å². The molecule has 1 aliphatic carbocycles. The van der Waals surface area contributed by atoms with Crippen molar-refractivity contribution < 1.29 is 14.3 Å². The van der Waals surface area contributed by atoms with Gasteiger partial charge in [-0.1, -0.05) is 0 Å². The summed E-state index contributed by atoms with van der Waals surface area (Å²) in [6, 6.07) is 9.28. The van der Waals surface area contributed by atoms with Crippen molar-refractivity contribution in [2.75, 3.05) is 0 Å². The number of nitrogens with zero attached hydrogens (tertiary/aromatic N) is 3. The van der Waals surface area contributed by atoms with Crippen molar-refractivity contribution in [1.29, 1.82) is 5.26 Å². The minimum Gasteiger partial charge on any atom is -0.491 e. The molecule has 1 aromatic heterocycles. The SMILES string of the molecule is CC(C)Oc1ccc(C(=O)NC2CCC(Oc3nccnc3C#N)CC2)cc1. The molecule has 0 radical (unpaired) electrons. The van der Waals surface area contributed by atoms with E-state index in [2.05, 4.69) is 15.3 Å². The maximum Gasteiger partial charge on any atom is 0.251 e. The lowest BCUT2D eigenvalue weighted by atomic mass is 9.92. The lowest BCUT2D eigenvalue weighted by Gasteiger charge is -2.29. The highest BCUT2D eigenvalue weighted by molar-refractivity contribution is 5.94. The molecular weight excluding hydrogens is 356 g/mol. The molecule has 0 atom stereocenters. The van der Waals surface area contributed by atoms with E-state index in [0.717, 1.165) is 31.4 Å². The Morgan fingerprint density at radius 3 is 2.46 bits per heavy atom. The third-order valence-electron chi connectivity index (χ3n) is 4.55.